The van der Waals surface area contributed by atoms with Gasteiger partial charge in [0.1, 0.15) is 0 Å². The topological polar surface area (TPSA) is 17.1 Å². The van der Waals surface area contributed by atoms with Gasteiger partial charge in [0.25, 0.3) is 0 Å². The van der Waals surface area contributed by atoms with Crippen LogP contribution in [0.4, 0.5) is 0 Å². The molecule has 0 aliphatic heterocycles. The molecule has 138 valence electrons. The first kappa shape index (κ1) is 17.6. The molecule has 0 spiro atoms. The van der Waals surface area contributed by atoms with E-state index in [4.69, 9.17) is 0 Å². The third-order valence-electron chi connectivity index (χ3n) is 9.41. The highest BCUT2D eigenvalue weighted by Crippen LogP contribution is 2.70. The van der Waals surface area contributed by atoms with E-state index >= 15 is 0 Å². The van der Waals surface area contributed by atoms with Gasteiger partial charge in [-0.25, -0.2) is 0 Å². The van der Waals surface area contributed by atoms with Crippen LogP contribution in [0.2, 0.25) is 0 Å². The lowest BCUT2D eigenvalue weighted by Crippen LogP contribution is -2.51. The Balaban J connectivity index is 1.64. The van der Waals surface area contributed by atoms with Crippen LogP contribution in [-0.4, -0.2) is 5.78 Å². The Labute approximate surface area is 154 Å². The monoisotopic (exact) mass is 340 g/mol. The molecule has 6 atom stereocenters. The Morgan fingerprint density at radius 1 is 1.08 bits per heavy atom. The maximum absolute atomic E-state index is 11.9. The highest BCUT2D eigenvalue weighted by molar-refractivity contribution is 6.01. The molecule has 0 aromatic rings. The average molecular weight is 341 g/mol. The van der Waals surface area contributed by atoms with E-state index in [-0.39, 0.29) is 11.2 Å². The quantitative estimate of drug-likeness (QED) is 0.574. The molecule has 0 saturated heterocycles. The largest absolute Gasteiger partial charge is 0.290 e. The van der Waals surface area contributed by atoms with Crippen LogP contribution in [0, 0.1) is 34.0 Å². The van der Waals surface area contributed by atoms with Crippen LogP contribution in [0.5, 0.6) is 0 Å². The van der Waals surface area contributed by atoms with Crippen LogP contribution in [-0.2, 0) is 4.79 Å². The molecule has 1 heteroatoms. The second-order valence-corrected chi connectivity index (χ2v) is 10.3. The van der Waals surface area contributed by atoms with E-state index in [1.165, 1.54) is 56.9 Å². The summed E-state index contributed by atoms with van der Waals surface area (Å²) < 4.78 is 0. The lowest BCUT2D eigenvalue weighted by Gasteiger charge is -2.59. The molecular weight excluding hydrogens is 304 g/mol. The number of ketones is 1. The minimum absolute atomic E-state index is 0.153. The summed E-state index contributed by atoms with van der Waals surface area (Å²) in [6.45, 7) is 10.0. The fraction of sp³-hybridized carbons (Fsp3) is 0.792. The van der Waals surface area contributed by atoms with E-state index in [0.717, 1.165) is 24.2 Å². The molecule has 4 aliphatic rings. The summed E-state index contributed by atoms with van der Waals surface area (Å²) in [6.07, 6.45) is 18.3. The normalized spacial score (nSPS) is 48.6. The SMILES string of the molecule is CCCC[C@@]1(C)CC[C@H]2C3CCC4=CC(=O)C=C[C@]4(C)[C@H]3CC[C@@]21C. The van der Waals surface area contributed by atoms with Gasteiger partial charge in [0.15, 0.2) is 5.78 Å². The molecule has 1 unspecified atom stereocenters. The molecule has 0 bridgehead atoms. The Morgan fingerprint density at radius 2 is 1.84 bits per heavy atom. The molecule has 0 radical (unpaired) electrons. The molecule has 25 heavy (non-hydrogen) atoms. The molecule has 0 aromatic carbocycles. The van der Waals surface area contributed by atoms with Crippen molar-refractivity contribution in [1.29, 1.82) is 0 Å². The van der Waals surface area contributed by atoms with Gasteiger partial charge < -0.3 is 0 Å². The molecule has 0 amide bonds. The van der Waals surface area contributed by atoms with Crippen LogP contribution in [0.25, 0.3) is 0 Å². The standard InChI is InChI=1S/C24H36O/c1-5-6-12-22(2)13-10-21-19-8-7-17-16-18(25)9-14-23(17,3)20(19)11-15-24(21,22)4/h9,14,16,19-21H,5-8,10-13,15H2,1-4H3/t19?,20-,21-,22-,23-,24-/m0/s1. The van der Waals surface area contributed by atoms with Crippen molar-refractivity contribution in [1.82, 2.24) is 0 Å². The summed E-state index contributed by atoms with van der Waals surface area (Å²) in [4.78, 5) is 11.9. The van der Waals surface area contributed by atoms with Gasteiger partial charge in [-0.1, -0.05) is 52.2 Å². The molecular formula is C24H36O. The van der Waals surface area contributed by atoms with E-state index < -0.39 is 0 Å². The maximum atomic E-state index is 11.9. The summed E-state index contributed by atoms with van der Waals surface area (Å²) in [5.41, 5.74) is 2.67. The van der Waals surface area contributed by atoms with Crippen molar-refractivity contribution in [3.63, 3.8) is 0 Å². The first-order chi connectivity index (χ1) is 11.8. The molecule has 3 fully saturated rings. The first-order valence-electron chi connectivity index (χ1n) is 10.8. The second kappa shape index (κ2) is 5.83. The minimum atomic E-state index is 0.153. The van der Waals surface area contributed by atoms with Crippen molar-refractivity contribution < 1.29 is 4.79 Å². The van der Waals surface area contributed by atoms with Crippen molar-refractivity contribution in [2.45, 2.75) is 85.5 Å². The van der Waals surface area contributed by atoms with Gasteiger partial charge in [-0.15, -0.1) is 0 Å². The first-order valence-corrected chi connectivity index (χ1v) is 10.8. The van der Waals surface area contributed by atoms with Crippen LogP contribution >= 0.6 is 0 Å². The summed E-state index contributed by atoms with van der Waals surface area (Å²) in [5, 5.41) is 0. The summed E-state index contributed by atoms with van der Waals surface area (Å²) in [7, 11) is 0. The Kier molecular flexibility index (Phi) is 4.09. The van der Waals surface area contributed by atoms with Gasteiger partial charge >= 0.3 is 0 Å². The smallest absolute Gasteiger partial charge is 0.178 e. The van der Waals surface area contributed by atoms with Gasteiger partial charge in [-0.2, -0.15) is 0 Å². The molecule has 4 rings (SSSR count). The summed E-state index contributed by atoms with van der Waals surface area (Å²) in [5.74, 6) is 2.72. The fourth-order valence-electron chi connectivity index (χ4n) is 7.54. The Hall–Kier alpha value is -0.850. The highest BCUT2D eigenvalue weighted by atomic mass is 16.1. The molecule has 0 N–H and O–H groups in total. The maximum Gasteiger partial charge on any atom is 0.178 e. The number of hydrogen-bond acceptors (Lipinski definition) is 1. The number of fused-ring (bicyclic) bond motifs is 5. The van der Waals surface area contributed by atoms with E-state index in [1.807, 2.05) is 12.2 Å². The average Bonchev–Trinajstić information content (AvgIpc) is 2.85. The van der Waals surface area contributed by atoms with Gasteiger partial charge in [-0.3, -0.25) is 4.79 Å². The Morgan fingerprint density at radius 3 is 2.60 bits per heavy atom. The summed E-state index contributed by atoms with van der Waals surface area (Å²) >= 11 is 0. The number of hydrogen-bond donors (Lipinski definition) is 0. The zero-order chi connectivity index (χ0) is 17.9. The van der Waals surface area contributed by atoms with Crippen LogP contribution in [0.15, 0.2) is 23.8 Å². The van der Waals surface area contributed by atoms with Crippen molar-refractivity contribution in [3.05, 3.63) is 23.8 Å². The number of allylic oxidation sites excluding steroid dienone is 4. The van der Waals surface area contributed by atoms with Crippen LogP contribution < -0.4 is 0 Å². The van der Waals surface area contributed by atoms with Crippen molar-refractivity contribution in [2.24, 2.45) is 34.0 Å². The lowest BCUT2D eigenvalue weighted by molar-refractivity contribution is -0.111. The zero-order valence-electron chi connectivity index (χ0n) is 16.7. The van der Waals surface area contributed by atoms with Gasteiger partial charge in [-0.05, 0) is 85.7 Å². The van der Waals surface area contributed by atoms with E-state index in [2.05, 4.69) is 33.8 Å². The van der Waals surface area contributed by atoms with Crippen LogP contribution in [0.3, 0.4) is 0 Å². The molecule has 3 saturated carbocycles. The second-order valence-electron chi connectivity index (χ2n) is 10.3. The van der Waals surface area contributed by atoms with Gasteiger partial charge in [0.05, 0.1) is 0 Å². The van der Waals surface area contributed by atoms with Crippen molar-refractivity contribution >= 4 is 5.78 Å². The number of rotatable bonds is 3. The van der Waals surface area contributed by atoms with Gasteiger partial charge in [0.2, 0.25) is 0 Å². The molecule has 1 nitrogen and oxygen atoms in total. The highest BCUT2D eigenvalue weighted by Gasteiger charge is 2.61. The zero-order valence-corrected chi connectivity index (χ0v) is 16.7. The predicted octanol–water partition coefficient (Wildman–Crippen LogP) is 6.49. The summed E-state index contributed by atoms with van der Waals surface area (Å²) in [6, 6.07) is 0. The van der Waals surface area contributed by atoms with E-state index in [1.54, 1.807) is 0 Å². The van der Waals surface area contributed by atoms with E-state index in [9.17, 15) is 4.79 Å². The molecule has 0 heterocycles. The Bertz CT molecular complexity index is 628. The minimum Gasteiger partial charge on any atom is -0.290 e. The van der Waals surface area contributed by atoms with Crippen molar-refractivity contribution in [3.8, 4) is 0 Å². The third kappa shape index (κ3) is 2.37. The lowest BCUT2D eigenvalue weighted by atomic mass is 9.46. The molecule has 0 aromatic heterocycles. The fourth-order valence-corrected chi connectivity index (χ4v) is 7.54. The number of unbranched alkanes of at least 4 members (excludes halogenated alkanes) is 1. The van der Waals surface area contributed by atoms with Crippen molar-refractivity contribution in [2.75, 3.05) is 0 Å². The van der Waals surface area contributed by atoms with Gasteiger partial charge in [0, 0.05) is 5.41 Å². The number of carbonyl (C=O) groups excluding carboxylic acids is 1. The predicted molar refractivity (Wildman–Crippen MR) is 104 cm³/mol. The third-order valence-corrected chi connectivity index (χ3v) is 9.41. The molecule has 4 aliphatic carbocycles. The van der Waals surface area contributed by atoms with Crippen LogP contribution in [0.1, 0.15) is 85.5 Å². The van der Waals surface area contributed by atoms with E-state index in [0.29, 0.717) is 10.8 Å². The number of carbonyl (C=O) groups is 1.